The molecule has 0 aliphatic carbocycles. The highest BCUT2D eigenvalue weighted by Gasteiger charge is 2.06. The smallest absolute Gasteiger partial charge is 0.341 e. The topological polar surface area (TPSA) is 66.8 Å². The predicted octanol–water partition coefficient (Wildman–Crippen LogP) is 2.01. The summed E-state index contributed by atoms with van der Waals surface area (Å²) in [5.74, 6) is -0.425. The number of hydrogen-bond acceptors (Lipinski definition) is 3. The van der Waals surface area contributed by atoms with Crippen molar-refractivity contribution < 1.29 is 19.7 Å². The van der Waals surface area contributed by atoms with Crippen molar-refractivity contribution in [3.8, 4) is 11.5 Å². The maximum Gasteiger partial charge on any atom is 0.341 e. The van der Waals surface area contributed by atoms with Gasteiger partial charge in [0.15, 0.2) is 6.61 Å². The van der Waals surface area contributed by atoms with Crippen molar-refractivity contribution in [1.29, 1.82) is 0 Å². The van der Waals surface area contributed by atoms with Crippen LogP contribution in [-0.2, 0) is 4.79 Å². The average molecular weight is 218 g/mol. The summed E-state index contributed by atoms with van der Waals surface area (Å²) in [6.45, 7) is -0.394. The molecule has 0 heterocycles. The Hall–Kier alpha value is -2.23. The zero-order valence-electron chi connectivity index (χ0n) is 8.38. The Labute approximate surface area is 91.7 Å². The highest BCUT2D eigenvalue weighted by atomic mass is 16.5. The van der Waals surface area contributed by atoms with Crippen molar-refractivity contribution in [1.82, 2.24) is 0 Å². The molecule has 0 aliphatic heterocycles. The molecule has 0 amide bonds. The molecule has 0 aromatic heterocycles. The molecular weight excluding hydrogens is 208 g/mol. The minimum absolute atomic E-state index is 0.151. The van der Waals surface area contributed by atoms with Gasteiger partial charge in [-0.05, 0) is 12.1 Å². The number of phenols is 1. The van der Waals surface area contributed by atoms with Gasteiger partial charge >= 0.3 is 5.97 Å². The van der Waals surface area contributed by atoms with Crippen LogP contribution in [0.1, 0.15) is 0 Å². The second-order valence-corrected chi connectivity index (χ2v) is 3.31. The van der Waals surface area contributed by atoms with Crippen LogP contribution in [0.3, 0.4) is 0 Å². The number of ether oxygens (including phenoxy) is 1. The summed E-state index contributed by atoms with van der Waals surface area (Å²) in [6.07, 6.45) is 0. The van der Waals surface area contributed by atoms with Gasteiger partial charge in [-0.1, -0.05) is 24.3 Å². The van der Waals surface area contributed by atoms with E-state index in [9.17, 15) is 9.90 Å². The Kier molecular flexibility index (Phi) is 2.64. The lowest BCUT2D eigenvalue weighted by molar-refractivity contribution is -0.139. The number of fused-ring (bicyclic) bond motifs is 1. The summed E-state index contributed by atoms with van der Waals surface area (Å²) in [4.78, 5) is 10.4. The van der Waals surface area contributed by atoms with E-state index in [1.807, 2.05) is 0 Å². The molecule has 0 bridgehead atoms. The second kappa shape index (κ2) is 4.10. The predicted molar refractivity (Wildman–Crippen MR) is 58.7 cm³/mol. The summed E-state index contributed by atoms with van der Waals surface area (Å²) in [7, 11) is 0. The van der Waals surface area contributed by atoms with Crippen molar-refractivity contribution in [2.24, 2.45) is 0 Å². The number of carboxylic acids is 1. The molecule has 0 saturated carbocycles. The molecule has 2 rings (SSSR count). The Balaban J connectivity index is 2.45. The molecular formula is C12H10O4. The fourth-order valence-corrected chi connectivity index (χ4v) is 1.53. The quantitative estimate of drug-likeness (QED) is 0.826. The maximum atomic E-state index is 10.4. The number of aromatic hydroxyl groups is 1. The molecule has 0 saturated heterocycles. The first-order chi connectivity index (χ1) is 7.68. The first-order valence-electron chi connectivity index (χ1n) is 4.74. The number of rotatable bonds is 3. The van der Waals surface area contributed by atoms with Crippen molar-refractivity contribution in [3.05, 3.63) is 36.4 Å². The van der Waals surface area contributed by atoms with Crippen LogP contribution >= 0.6 is 0 Å². The second-order valence-electron chi connectivity index (χ2n) is 3.31. The van der Waals surface area contributed by atoms with Crippen molar-refractivity contribution in [2.75, 3.05) is 6.61 Å². The third-order valence-corrected chi connectivity index (χ3v) is 2.21. The summed E-state index contributed by atoms with van der Waals surface area (Å²) in [5.41, 5.74) is 0. The zero-order chi connectivity index (χ0) is 11.5. The van der Waals surface area contributed by atoms with E-state index in [1.54, 1.807) is 36.4 Å². The molecule has 16 heavy (non-hydrogen) atoms. The standard InChI is InChI=1S/C12H10O4/c13-10-5-1-4-9-8(10)3-2-6-11(9)16-7-12(14)15/h1-6,13H,7H2,(H,14,15). The molecule has 2 aromatic carbocycles. The van der Waals surface area contributed by atoms with Gasteiger partial charge in [-0.25, -0.2) is 4.79 Å². The number of carboxylic acid groups (broad SMARTS) is 1. The molecule has 4 heteroatoms. The molecule has 0 spiro atoms. The van der Waals surface area contributed by atoms with E-state index in [1.165, 1.54) is 0 Å². The van der Waals surface area contributed by atoms with Crippen LogP contribution < -0.4 is 4.74 Å². The van der Waals surface area contributed by atoms with Gasteiger partial charge in [0, 0.05) is 10.8 Å². The van der Waals surface area contributed by atoms with Crippen molar-refractivity contribution in [2.45, 2.75) is 0 Å². The van der Waals surface area contributed by atoms with E-state index >= 15 is 0 Å². The number of phenolic OH excluding ortho intramolecular Hbond substituents is 1. The van der Waals surface area contributed by atoms with Gasteiger partial charge in [-0.15, -0.1) is 0 Å². The lowest BCUT2D eigenvalue weighted by Crippen LogP contribution is -2.09. The summed E-state index contributed by atoms with van der Waals surface area (Å²) in [6, 6.07) is 10.2. The third-order valence-electron chi connectivity index (χ3n) is 2.21. The molecule has 4 nitrogen and oxygen atoms in total. The third kappa shape index (κ3) is 1.91. The Morgan fingerprint density at radius 3 is 2.56 bits per heavy atom. The van der Waals surface area contributed by atoms with Crippen LogP contribution in [0.2, 0.25) is 0 Å². The minimum Gasteiger partial charge on any atom is -0.507 e. The highest BCUT2D eigenvalue weighted by Crippen LogP contribution is 2.31. The van der Waals surface area contributed by atoms with E-state index in [2.05, 4.69) is 0 Å². The Morgan fingerprint density at radius 2 is 1.81 bits per heavy atom. The fourth-order valence-electron chi connectivity index (χ4n) is 1.53. The van der Waals surface area contributed by atoms with Crippen LogP contribution in [0.5, 0.6) is 11.5 Å². The lowest BCUT2D eigenvalue weighted by Gasteiger charge is -2.07. The summed E-state index contributed by atoms with van der Waals surface area (Å²) in [5, 5.41) is 19.5. The lowest BCUT2D eigenvalue weighted by atomic mass is 10.1. The molecule has 0 atom stereocenters. The maximum absolute atomic E-state index is 10.4. The van der Waals surface area contributed by atoms with Gasteiger partial charge < -0.3 is 14.9 Å². The van der Waals surface area contributed by atoms with Crippen molar-refractivity contribution >= 4 is 16.7 Å². The van der Waals surface area contributed by atoms with Gasteiger partial charge in [-0.2, -0.15) is 0 Å². The SMILES string of the molecule is O=C(O)COc1cccc2c(O)cccc12. The summed E-state index contributed by atoms with van der Waals surface area (Å²) >= 11 is 0. The van der Waals surface area contributed by atoms with E-state index < -0.39 is 12.6 Å². The van der Waals surface area contributed by atoms with E-state index in [4.69, 9.17) is 9.84 Å². The van der Waals surface area contributed by atoms with Gasteiger partial charge in [0.25, 0.3) is 0 Å². The zero-order valence-corrected chi connectivity index (χ0v) is 8.38. The Morgan fingerprint density at radius 1 is 1.12 bits per heavy atom. The van der Waals surface area contributed by atoms with Crippen LogP contribution in [0.4, 0.5) is 0 Å². The molecule has 0 radical (unpaired) electrons. The van der Waals surface area contributed by atoms with Gasteiger partial charge in [-0.3, -0.25) is 0 Å². The molecule has 82 valence electrons. The minimum atomic E-state index is -1.03. The summed E-state index contributed by atoms with van der Waals surface area (Å²) < 4.78 is 5.13. The first-order valence-corrected chi connectivity index (χ1v) is 4.74. The highest BCUT2D eigenvalue weighted by molar-refractivity contribution is 5.92. The molecule has 2 aromatic rings. The molecule has 2 N–H and O–H groups in total. The van der Waals surface area contributed by atoms with Gasteiger partial charge in [0.05, 0.1) is 0 Å². The molecule has 0 aliphatic rings. The number of aliphatic carboxylic acids is 1. The Bertz CT molecular complexity index is 534. The van der Waals surface area contributed by atoms with E-state index in [0.29, 0.717) is 16.5 Å². The van der Waals surface area contributed by atoms with Crippen LogP contribution in [-0.4, -0.2) is 22.8 Å². The van der Waals surface area contributed by atoms with Crippen LogP contribution in [0.15, 0.2) is 36.4 Å². The van der Waals surface area contributed by atoms with Crippen LogP contribution in [0, 0.1) is 0 Å². The largest absolute Gasteiger partial charge is 0.507 e. The van der Waals surface area contributed by atoms with E-state index in [0.717, 1.165) is 0 Å². The fraction of sp³-hybridized carbons (Fsp3) is 0.0833. The van der Waals surface area contributed by atoms with Crippen molar-refractivity contribution in [3.63, 3.8) is 0 Å². The number of hydrogen-bond donors (Lipinski definition) is 2. The van der Waals surface area contributed by atoms with Gasteiger partial charge in [0.1, 0.15) is 11.5 Å². The molecule has 0 fully saturated rings. The molecule has 0 unspecified atom stereocenters. The first kappa shape index (κ1) is 10.3. The van der Waals surface area contributed by atoms with Gasteiger partial charge in [0.2, 0.25) is 0 Å². The number of carbonyl (C=O) groups is 1. The monoisotopic (exact) mass is 218 g/mol. The normalized spacial score (nSPS) is 10.2. The number of benzene rings is 2. The van der Waals surface area contributed by atoms with Crippen LogP contribution in [0.25, 0.3) is 10.8 Å². The van der Waals surface area contributed by atoms with E-state index in [-0.39, 0.29) is 5.75 Å². The average Bonchev–Trinajstić information content (AvgIpc) is 2.27.